The van der Waals surface area contributed by atoms with Gasteiger partial charge < -0.3 is 19.7 Å². The summed E-state index contributed by atoms with van der Waals surface area (Å²) in [5.41, 5.74) is 1.58. The topological polar surface area (TPSA) is 76.6 Å². The number of ether oxygens (including phenoxy) is 2. The van der Waals surface area contributed by atoms with Crippen LogP contribution in [0.25, 0.3) is 0 Å². The number of morpholine rings is 1. The third-order valence-electron chi connectivity index (χ3n) is 3.81. The highest BCUT2D eigenvalue weighted by atomic mass is 16.5. The lowest BCUT2D eigenvalue weighted by Crippen LogP contribution is -2.40. The van der Waals surface area contributed by atoms with Gasteiger partial charge >= 0.3 is 0 Å². The Morgan fingerprint density at radius 2 is 1.88 bits per heavy atom. The fourth-order valence-electron chi connectivity index (χ4n) is 2.40. The fraction of sp³-hybridized carbons (Fsp3) is 0.353. The van der Waals surface area contributed by atoms with Crippen LogP contribution in [0.2, 0.25) is 0 Å². The fourth-order valence-corrected chi connectivity index (χ4v) is 2.40. The zero-order valence-electron chi connectivity index (χ0n) is 13.6. The van der Waals surface area contributed by atoms with E-state index in [1.807, 2.05) is 24.3 Å². The van der Waals surface area contributed by atoms with Crippen molar-refractivity contribution in [3.05, 3.63) is 47.8 Å². The number of nitrogens with zero attached hydrogens (tertiary/aromatic N) is 3. The first kappa shape index (κ1) is 16.2. The summed E-state index contributed by atoms with van der Waals surface area (Å²) in [4.78, 5) is 22.5. The van der Waals surface area contributed by atoms with Crippen molar-refractivity contribution in [2.24, 2.45) is 0 Å². The Labute approximate surface area is 140 Å². The van der Waals surface area contributed by atoms with Gasteiger partial charge in [0.05, 0.1) is 25.9 Å². The molecule has 0 unspecified atom stereocenters. The summed E-state index contributed by atoms with van der Waals surface area (Å²) in [6.07, 6.45) is 3.11. The molecule has 0 atom stereocenters. The van der Waals surface area contributed by atoms with Crippen molar-refractivity contribution < 1.29 is 14.3 Å². The second-order valence-electron chi connectivity index (χ2n) is 5.40. The van der Waals surface area contributed by atoms with Gasteiger partial charge in [-0.1, -0.05) is 12.1 Å². The van der Waals surface area contributed by atoms with Crippen LogP contribution in [0.15, 0.2) is 36.7 Å². The third kappa shape index (κ3) is 3.99. The Kier molecular flexibility index (Phi) is 5.22. The van der Waals surface area contributed by atoms with Crippen LogP contribution in [0.4, 0.5) is 5.95 Å². The molecule has 1 amide bonds. The summed E-state index contributed by atoms with van der Waals surface area (Å²) in [6, 6.07) is 7.76. The summed E-state index contributed by atoms with van der Waals surface area (Å²) >= 11 is 0. The maximum absolute atomic E-state index is 12.3. The minimum atomic E-state index is -0.0556. The van der Waals surface area contributed by atoms with Crippen LogP contribution in [0.3, 0.4) is 0 Å². The van der Waals surface area contributed by atoms with Gasteiger partial charge in [-0.15, -0.1) is 0 Å². The van der Waals surface area contributed by atoms with Crippen molar-refractivity contribution in [2.75, 3.05) is 38.7 Å². The van der Waals surface area contributed by atoms with Gasteiger partial charge in [0.2, 0.25) is 5.95 Å². The normalized spacial score (nSPS) is 14.3. The van der Waals surface area contributed by atoms with Crippen LogP contribution in [-0.2, 0) is 11.3 Å². The van der Waals surface area contributed by atoms with Crippen molar-refractivity contribution in [3.8, 4) is 5.75 Å². The number of methoxy groups -OCH3 is 1. The second-order valence-corrected chi connectivity index (χ2v) is 5.40. The quantitative estimate of drug-likeness (QED) is 0.898. The lowest BCUT2D eigenvalue weighted by molar-refractivity contribution is 0.0302. The van der Waals surface area contributed by atoms with Crippen LogP contribution in [0, 0.1) is 0 Å². The van der Waals surface area contributed by atoms with Gasteiger partial charge in [0.25, 0.3) is 5.91 Å². The van der Waals surface area contributed by atoms with E-state index in [0.717, 1.165) is 11.3 Å². The van der Waals surface area contributed by atoms with E-state index in [9.17, 15) is 4.79 Å². The highest BCUT2D eigenvalue weighted by Crippen LogP contribution is 2.12. The van der Waals surface area contributed by atoms with Crippen molar-refractivity contribution in [2.45, 2.75) is 6.54 Å². The third-order valence-corrected chi connectivity index (χ3v) is 3.81. The zero-order chi connectivity index (χ0) is 16.8. The number of carbonyl (C=O) groups is 1. The molecule has 2 aromatic rings. The Morgan fingerprint density at radius 3 is 2.50 bits per heavy atom. The molecule has 7 nitrogen and oxygen atoms in total. The zero-order valence-corrected chi connectivity index (χ0v) is 13.6. The number of nitrogens with one attached hydrogen (secondary N) is 1. The summed E-state index contributed by atoms with van der Waals surface area (Å²) in [5, 5.41) is 3.14. The standard InChI is InChI=1S/C17H20N4O3/c1-23-15-4-2-13(3-5-15)10-18-17-19-11-14(12-20-17)16(22)21-6-8-24-9-7-21/h2-5,11-12H,6-10H2,1H3,(H,18,19,20). The molecule has 1 aromatic heterocycles. The molecule has 3 rings (SSSR count). The lowest BCUT2D eigenvalue weighted by atomic mass is 10.2. The highest BCUT2D eigenvalue weighted by Gasteiger charge is 2.19. The van der Waals surface area contributed by atoms with Crippen LogP contribution in [-0.4, -0.2) is 54.2 Å². The molecule has 0 spiro atoms. The van der Waals surface area contributed by atoms with Crippen LogP contribution >= 0.6 is 0 Å². The van der Waals surface area contributed by atoms with E-state index in [-0.39, 0.29) is 5.91 Å². The number of benzene rings is 1. The largest absolute Gasteiger partial charge is 0.497 e. The molecule has 1 aliphatic heterocycles. The molecule has 1 fully saturated rings. The van der Waals surface area contributed by atoms with Crippen molar-refractivity contribution in [3.63, 3.8) is 0 Å². The maximum Gasteiger partial charge on any atom is 0.257 e. The van der Waals surface area contributed by atoms with E-state index in [4.69, 9.17) is 9.47 Å². The van der Waals surface area contributed by atoms with Crippen LogP contribution < -0.4 is 10.1 Å². The van der Waals surface area contributed by atoms with Crippen molar-refractivity contribution in [1.82, 2.24) is 14.9 Å². The van der Waals surface area contributed by atoms with Gasteiger partial charge in [0, 0.05) is 32.0 Å². The van der Waals surface area contributed by atoms with Crippen LogP contribution in [0.5, 0.6) is 5.75 Å². The van der Waals surface area contributed by atoms with Gasteiger partial charge in [-0.2, -0.15) is 0 Å². The number of rotatable bonds is 5. The van der Waals surface area contributed by atoms with E-state index in [1.165, 1.54) is 0 Å². The van der Waals surface area contributed by atoms with Gasteiger partial charge in [-0.05, 0) is 17.7 Å². The Balaban J connectivity index is 1.56. The van der Waals surface area contributed by atoms with Crippen molar-refractivity contribution in [1.29, 1.82) is 0 Å². The first-order valence-corrected chi connectivity index (χ1v) is 7.82. The van der Waals surface area contributed by atoms with E-state index >= 15 is 0 Å². The van der Waals surface area contributed by atoms with Gasteiger partial charge in [0.15, 0.2) is 0 Å². The summed E-state index contributed by atoms with van der Waals surface area (Å²) in [6.45, 7) is 2.97. The average molecular weight is 328 g/mol. The molecule has 0 bridgehead atoms. The molecule has 7 heteroatoms. The predicted octanol–water partition coefficient (Wildman–Crippen LogP) is 1.57. The monoisotopic (exact) mass is 328 g/mol. The summed E-state index contributed by atoms with van der Waals surface area (Å²) in [7, 11) is 1.64. The molecular formula is C17H20N4O3. The van der Waals surface area contributed by atoms with Gasteiger partial charge in [0.1, 0.15) is 5.75 Å². The first-order valence-electron chi connectivity index (χ1n) is 7.82. The Hall–Kier alpha value is -2.67. The van der Waals surface area contributed by atoms with Crippen LogP contribution in [0.1, 0.15) is 15.9 Å². The number of hydrogen-bond donors (Lipinski definition) is 1. The molecule has 1 saturated heterocycles. The number of aromatic nitrogens is 2. The van der Waals surface area contributed by atoms with Gasteiger partial charge in [-0.25, -0.2) is 9.97 Å². The van der Waals surface area contributed by atoms with E-state index in [2.05, 4.69) is 15.3 Å². The molecule has 1 aromatic carbocycles. The Morgan fingerprint density at radius 1 is 1.21 bits per heavy atom. The van der Waals surface area contributed by atoms with Gasteiger partial charge in [-0.3, -0.25) is 4.79 Å². The predicted molar refractivity (Wildman–Crippen MR) is 89.1 cm³/mol. The highest BCUT2D eigenvalue weighted by molar-refractivity contribution is 5.93. The number of anilines is 1. The minimum absolute atomic E-state index is 0.0556. The second kappa shape index (κ2) is 7.74. The number of hydrogen-bond acceptors (Lipinski definition) is 6. The molecule has 126 valence electrons. The molecular weight excluding hydrogens is 308 g/mol. The molecule has 24 heavy (non-hydrogen) atoms. The van der Waals surface area contributed by atoms with Crippen molar-refractivity contribution >= 4 is 11.9 Å². The molecule has 0 radical (unpaired) electrons. The summed E-state index contributed by atoms with van der Waals surface area (Å²) in [5.74, 6) is 1.25. The first-order chi connectivity index (χ1) is 11.8. The molecule has 1 N–H and O–H groups in total. The number of amides is 1. The maximum atomic E-state index is 12.3. The number of carbonyl (C=O) groups excluding carboxylic acids is 1. The molecule has 0 saturated carbocycles. The molecule has 1 aliphatic rings. The van der Waals surface area contributed by atoms with E-state index in [1.54, 1.807) is 24.4 Å². The van der Waals surface area contributed by atoms with E-state index in [0.29, 0.717) is 44.4 Å². The summed E-state index contributed by atoms with van der Waals surface area (Å²) < 4.78 is 10.4. The minimum Gasteiger partial charge on any atom is -0.497 e. The smallest absolute Gasteiger partial charge is 0.257 e. The SMILES string of the molecule is COc1ccc(CNc2ncc(C(=O)N3CCOCC3)cn2)cc1. The Bertz CT molecular complexity index is 667. The average Bonchev–Trinajstić information content (AvgIpc) is 2.67. The molecule has 0 aliphatic carbocycles. The lowest BCUT2D eigenvalue weighted by Gasteiger charge is -2.26. The van der Waals surface area contributed by atoms with E-state index < -0.39 is 0 Å². The molecule has 2 heterocycles.